The molecule has 1 rings (SSSR count). The normalized spacial score (nSPS) is 44.7. The first kappa shape index (κ1) is 8.82. The predicted molar refractivity (Wildman–Crippen MR) is 30.0 cm³/mol. The van der Waals surface area contributed by atoms with Gasteiger partial charge in [-0.15, -0.1) is 0 Å². The number of hydrogen-bond donors (Lipinski definition) is 3. The van der Waals surface area contributed by atoms with Crippen molar-refractivity contribution in [2.45, 2.75) is 24.6 Å². The van der Waals surface area contributed by atoms with Crippen LogP contribution in [0.25, 0.3) is 0 Å². The zero-order valence-electron chi connectivity index (χ0n) is 5.55. The molecule has 1 fully saturated rings. The van der Waals surface area contributed by atoms with Crippen molar-refractivity contribution in [1.29, 1.82) is 0 Å². The first-order valence-corrected chi connectivity index (χ1v) is 3.10. The van der Waals surface area contributed by atoms with E-state index in [-0.39, 0.29) is 0 Å². The summed E-state index contributed by atoms with van der Waals surface area (Å²) < 4.78 is 16.0. The number of ether oxygens (including phenoxy) is 1. The lowest BCUT2D eigenvalue weighted by Gasteiger charge is -2.09. The minimum atomic E-state index is -1.50. The Morgan fingerprint density at radius 3 is 2.27 bits per heavy atom. The molecule has 66 valence electrons. The molecule has 0 saturated carbocycles. The number of halogens is 1. The average Bonchev–Trinajstić information content (AvgIpc) is 2.30. The molecule has 1 saturated heterocycles. The van der Waals surface area contributed by atoms with Gasteiger partial charge in [0.25, 0.3) is 0 Å². The molecule has 11 heavy (non-hydrogen) atoms. The Morgan fingerprint density at radius 2 is 2.00 bits per heavy atom. The van der Waals surface area contributed by atoms with Gasteiger partial charge < -0.3 is 20.1 Å². The summed E-state index contributed by atoms with van der Waals surface area (Å²) in [5, 5.41) is 26.4. The Morgan fingerprint density at radius 1 is 1.36 bits per heavy atom. The summed E-state index contributed by atoms with van der Waals surface area (Å²) in [4.78, 5) is 3.18. The van der Waals surface area contributed by atoms with Gasteiger partial charge in [0.15, 0.2) is 0 Å². The van der Waals surface area contributed by atoms with Gasteiger partial charge in [-0.25, -0.2) is 0 Å². The highest BCUT2D eigenvalue weighted by Gasteiger charge is 2.43. The van der Waals surface area contributed by atoms with Crippen LogP contribution in [0, 0.1) is 0 Å². The van der Waals surface area contributed by atoms with Gasteiger partial charge in [0.05, 0.1) is 6.61 Å². The molecule has 0 spiro atoms. The molecule has 0 radical (unpaired) electrons. The number of rotatable bonds is 2. The number of aliphatic hydroxyl groups is 3. The first-order valence-electron chi connectivity index (χ1n) is 3.10. The second kappa shape index (κ2) is 3.42. The van der Waals surface area contributed by atoms with Crippen molar-refractivity contribution in [3.05, 3.63) is 0 Å². The fraction of sp³-hybridized carbons (Fsp3) is 1.00. The third-order valence-electron chi connectivity index (χ3n) is 1.59. The highest BCUT2D eigenvalue weighted by atomic mass is 19.3. The van der Waals surface area contributed by atoms with Crippen molar-refractivity contribution in [3.63, 3.8) is 0 Å². The first-order chi connectivity index (χ1) is 5.20. The molecule has 1 heterocycles. The molecule has 3 N–H and O–H groups in total. The largest absolute Gasteiger partial charge is 0.394 e. The Kier molecular flexibility index (Phi) is 2.74. The lowest BCUT2D eigenvalue weighted by molar-refractivity contribution is -0.287. The van der Waals surface area contributed by atoms with Gasteiger partial charge in [0.2, 0.25) is 6.29 Å². The molecule has 0 unspecified atom stereocenters. The van der Waals surface area contributed by atoms with Crippen LogP contribution in [-0.2, 0) is 9.68 Å². The standard InChI is InChI=1S/C5H9FO5/c6-11-5-4(9)3(8)2(1-7)10-5/h2-5,7-9H,1H2/t2-,3-,4+,5-/m1/s1. The zero-order chi connectivity index (χ0) is 8.43. The van der Waals surface area contributed by atoms with Crippen LogP contribution in [0.4, 0.5) is 4.53 Å². The molecule has 0 aromatic rings. The lowest BCUT2D eigenvalue weighted by atomic mass is 10.1. The van der Waals surface area contributed by atoms with Crippen molar-refractivity contribution in [2.24, 2.45) is 0 Å². The van der Waals surface area contributed by atoms with E-state index >= 15 is 0 Å². The Bertz CT molecular complexity index is 114. The summed E-state index contributed by atoms with van der Waals surface area (Å²) in [5.41, 5.74) is 0. The van der Waals surface area contributed by atoms with Crippen LogP contribution in [0.3, 0.4) is 0 Å². The molecule has 0 amide bonds. The Labute approximate surface area is 61.9 Å². The van der Waals surface area contributed by atoms with Crippen LogP contribution in [0.1, 0.15) is 0 Å². The molecule has 4 atom stereocenters. The van der Waals surface area contributed by atoms with E-state index in [0.29, 0.717) is 0 Å². The van der Waals surface area contributed by atoms with Crippen LogP contribution in [0.2, 0.25) is 0 Å². The van der Waals surface area contributed by atoms with E-state index in [1.165, 1.54) is 0 Å². The van der Waals surface area contributed by atoms with Crippen molar-refractivity contribution in [3.8, 4) is 0 Å². The van der Waals surface area contributed by atoms with E-state index in [1.54, 1.807) is 0 Å². The van der Waals surface area contributed by atoms with Crippen LogP contribution < -0.4 is 0 Å². The van der Waals surface area contributed by atoms with Crippen LogP contribution in [-0.4, -0.2) is 46.5 Å². The van der Waals surface area contributed by atoms with Crippen molar-refractivity contribution < 1.29 is 29.5 Å². The number of aliphatic hydroxyl groups excluding tert-OH is 3. The van der Waals surface area contributed by atoms with E-state index in [0.717, 1.165) is 0 Å². The maximum Gasteiger partial charge on any atom is 0.225 e. The predicted octanol–water partition coefficient (Wildman–Crippen LogP) is -1.67. The fourth-order valence-electron chi connectivity index (χ4n) is 0.939. The fourth-order valence-corrected chi connectivity index (χ4v) is 0.939. The van der Waals surface area contributed by atoms with Gasteiger partial charge in [-0.05, 0) is 4.53 Å². The minimum Gasteiger partial charge on any atom is -0.394 e. The van der Waals surface area contributed by atoms with Crippen molar-refractivity contribution in [1.82, 2.24) is 0 Å². The van der Waals surface area contributed by atoms with Gasteiger partial charge in [-0.2, -0.15) is 4.94 Å². The Balaban J connectivity index is 2.53. The van der Waals surface area contributed by atoms with Crippen molar-refractivity contribution in [2.75, 3.05) is 6.61 Å². The molecule has 1 aliphatic rings. The summed E-state index contributed by atoms with van der Waals surface area (Å²) in [5.74, 6) is 0. The van der Waals surface area contributed by atoms with E-state index in [4.69, 9.17) is 15.3 Å². The van der Waals surface area contributed by atoms with E-state index < -0.39 is 31.2 Å². The minimum absolute atomic E-state index is 0.488. The summed E-state index contributed by atoms with van der Waals surface area (Å²) in [6.07, 6.45) is -5.23. The molecular formula is C5H9FO5. The summed E-state index contributed by atoms with van der Waals surface area (Å²) in [6.45, 7) is -0.488. The smallest absolute Gasteiger partial charge is 0.225 e. The molecule has 0 aromatic heterocycles. The second-order valence-electron chi connectivity index (χ2n) is 2.30. The van der Waals surface area contributed by atoms with Gasteiger partial charge in [0.1, 0.15) is 18.3 Å². The summed E-state index contributed by atoms with van der Waals surface area (Å²) in [7, 11) is 0. The second-order valence-corrected chi connectivity index (χ2v) is 2.30. The van der Waals surface area contributed by atoms with Crippen LogP contribution >= 0.6 is 0 Å². The summed E-state index contributed by atoms with van der Waals surface area (Å²) in [6, 6.07) is 0. The molecular weight excluding hydrogens is 159 g/mol. The molecule has 5 nitrogen and oxygen atoms in total. The highest BCUT2D eigenvalue weighted by molar-refractivity contribution is 4.85. The van der Waals surface area contributed by atoms with Gasteiger partial charge in [-0.1, -0.05) is 0 Å². The average molecular weight is 168 g/mol. The van der Waals surface area contributed by atoms with Crippen molar-refractivity contribution >= 4 is 0 Å². The summed E-state index contributed by atoms with van der Waals surface area (Å²) >= 11 is 0. The quantitative estimate of drug-likeness (QED) is 0.459. The van der Waals surface area contributed by atoms with Gasteiger partial charge >= 0.3 is 0 Å². The highest BCUT2D eigenvalue weighted by Crippen LogP contribution is 2.21. The molecule has 0 aliphatic carbocycles. The molecule has 0 bridgehead atoms. The third-order valence-corrected chi connectivity index (χ3v) is 1.59. The number of hydrogen-bond acceptors (Lipinski definition) is 5. The lowest BCUT2D eigenvalue weighted by Crippen LogP contribution is -2.33. The third kappa shape index (κ3) is 1.49. The van der Waals surface area contributed by atoms with Gasteiger partial charge in [-0.3, -0.25) is 0 Å². The topological polar surface area (TPSA) is 79.2 Å². The molecule has 6 heteroatoms. The SMILES string of the molecule is OC[C@H]1O[C@H](OF)[C@@H](O)[C@@H]1O. The molecule has 0 aromatic carbocycles. The zero-order valence-corrected chi connectivity index (χ0v) is 5.55. The van der Waals surface area contributed by atoms with Gasteiger partial charge in [0, 0.05) is 0 Å². The van der Waals surface area contributed by atoms with E-state index in [1.807, 2.05) is 0 Å². The van der Waals surface area contributed by atoms with E-state index in [9.17, 15) is 4.53 Å². The maximum atomic E-state index is 11.5. The van der Waals surface area contributed by atoms with Crippen LogP contribution in [0.15, 0.2) is 0 Å². The molecule has 1 aliphatic heterocycles. The Hall–Kier alpha value is -0.270. The van der Waals surface area contributed by atoms with E-state index in [2.05, 4.69) is 9.68 Å². The maximum absolute atomic E-state index is 11.5. The van der Waals surface area contributed by atoms with Crippen LogP contribution in [0.5, 0.6) is 0 Å². The monoisotopic (exact) mass is 168 g/mol.